The van der Waals surface area contributed by atoms with Crippen molar-refractivity contribution in [2.45, 2.75) is 11.6 Å². The smallest absolute Gasteiger partial charge is 0.270 e. The maximum Gasteiger partial charge on any atom is 0.270 e. The van der Waals surface area contributed by atoms with Gasteiger partial charge in [0.25, 0.3) is 5.69 Å². The Balaban J connectivity index is 1.58. The van der Waals surface area contributed by atoms with Crippen LogP contribution < -0.4 is 10.1 Å². The molecule has 1 N–H and O–H groups in total. The molecule has 0 aliphatic rings. The van der Waals surface area contributed by atoms with Crippen LogP contribution in [0.25, 0.3) is 0 Å². The van der Waals surface area contributed by atoms with E-state index in [9.17, 15) is 19.7 Å². The lowest BCUT2D eigenvalue weighted by atomic mass is 10.1. The van der Waals surface area contributed by atoms with E-state index in [0.29, 0.717) is 22.4 Å². The van der Waals surface area contributed by atoms with Crippen LogP contribution in [-0.4, -0.2) is 44.2 Å². The molecule has 3 aromatic rings. The summed E-state index contributed by atoms with van der Waals surface area (Å²) in [5.74, 6) is 0.634. The van der Waals surface area contributed by atoms with Gasteiger partial charge in [-0.05, 0) is 24.3 Å². The van der Waals surface area contributed by atoms with E-state index in [1.807, 2.05) is 0 Å². The average Bonchev–Trinajstić information content (AvgIpc) is 3.11. The Labute approximate surface area is 181 Å². The highest BCUT2D eigenvalue weighted by atomic mass is 32.2. The number of methoxy groups -OCH3 is 1. The lowest BCUT2D eigenvalue weighted by Crippen LogP contribution is -2.17. The number of rotatable bonds is 9. The van der Waals surface area contributed by atoms with Gasteiger partial charge in [-0.15, -0.1) is 10.2 Å². The third-order valence-electron chi connectivity index (χ3n) is 4.33. The molecule has 0 atom stereocenters. The molecule has 0 radical (unpaired) electrons. The van der Waals surface area contributed by atoms with E-state index in [1.165, 1.54) is 24.3 Å². The Bertz CT molecular complexity index is 1110. The summed E-state index contributed by atoms with van der Waals surface area (Å²) in [6.07, 6.45) is 0.00884. The summed E-state index contributed by atoms with van der Waals surface area (Å²) >= 11 is 1.14. The molecule has 1 heterocycles. The van der Waals surface area contributed by atoms with E-state index < -0.39 is 4.92 Å². The van der Waals surface area contributed by atoms with Crippen molar-refractivity contribution in [2.75, 3.05) is 18.2 Å². The summed E-state index contributed by atoms with van der Waals surface area (Å²) in [7, 11) is 3.27. The lowest BCUT2D eigenvalue weighted by molar-refractivity contribution is -0.384. The maximum absolute atomic E-state index is 12.4. The van der Waals surface area contributed by atoms with Crippen LogP contribution in [0.2, 0.25) is 0 Å². The number of nitro benzene ring substituents is 1. The van der Waals surface area contributed by atoms with E-state index in [2.05, 4.69) is 15.5 Å². The van der Waals surface area contributed by atoms with Gasteiger partial charge in [-0.25, -0.2) is 0 Å². The molecule has 0 spiro atoms. The van der Waals surface area contributed by atoms with Crippen LogP contribution in [-0.2, 0) is 18.3 Å². The van der Waals surface area contributed by atoms with Crippen molar-refractivity contribution in [3.63, 3.8) is 0 Å². The van der Waals surface area contributed by atoms with Crippen molar-refractivity contribution in [2.24, 2.45) is 7.05 Å². The molecule has 0 bridgehead atoms. The van der Waals surface area contributed by atoms with Crippen LogP contribution in [0.5, 0.6) is 5.75 Å². The second-order valence-corrected chi connectivity index (χ2v) is 7.37. The molecule has 11 heteroatoms. The number of nitrogens with zero attached hydrogens (tertiary/aromatic N) is 4. The Kier molecular flexibility index (Phi) is 6.98. The molecular weight excluding hydrogens is 422 g/mol. The Morgan fingerprint density at radius 1 is 1.19 bits per heavy atom. The topological polar surface area (TPSA) is 129 Å². The molecule has 0 saturated carbocycles. The Morgan fingerprint density at radius 3 is 2.61 bits per heavy atom. The normalized spacial score (nSPS) is 10.5. The number of Topliss-reactive ketones (excluding diaryl/α,β-unsaturated/α-hetero) is 1. The minimum Gasteiger partial charge on any atom is -0.497 e. The number of carbonyl (C=O) groups excluding carboxylic acids is 2. The number of ether oxygens (including phenoxy) is 1. The zero-order valence-corrected chi connectivity index (χ0v) is 17.6. The zero-order valence-electron chi connectivity index (χ0n) is 16.8. The summed E-state index contributed by atoms with van der Waals surface area (Å²) in [4.78, 5) is 35.0. The van der Waals surface area contributed by atoms with Gasteiger partial charge in [0.1, 0.15) is 11.6 Å². The molecule has 3 rings (SSSR count). The minimum atomic E-state index is -0.546. The van der Waals surface area contributed by atoms with Crippen molar-refractivity contribution in [1.29, 1.82) is 0 Å². The summed E-state index contributed by atoms with van der Waals surface area (Å²) in [6.45, 7) is 0. The first-order valence-electron chi connectivity index (χ1n) is 9.10. The molecule has 0 fully saturated rings. The van der Waals surface area contributed by atoms with Crippen molar-refractivity contribution in [3.8, 4) is 5.75 Å². The number of amides is 1. The first kappa shape index (κ1) is 22.0. The standard InChI is InChI=1S/C20H19N5O5S/c1-24-18(11-19(27)21-14-6-8-16(30-2)9-7-14)22-23-20(24)31-12-17(26)13-4-3-5-15(10-13)25(28)29/h3-10H,11-12H2,1-2H3,(H,21,27). The number of hydrogen-bond acceptors (Lipinski definition) is 8. The molecule has 0 unspecified atom stereocenters. The highest BCUT2D eigenvalue weighted by Gasteiger charge is 2.16. The maximum atomic E-state index is 12.4. The SMILES string of the molecule is COc1ccc(NC(=O)Cc2nnc(SCC(=O)c3cccc([N+](=O)[O-])c3)n2C)cc1. The summed E-state index contributed by atoms with van der Waals surface area (Å²) in [6, 6.07) is 12.5. The molecule has 10 nitrogen and oxygen atoms in total. The fourth-order valence-corrected chi connectivity index (χ4v) is 3.48. The van der Waals surface area contributed by atoms with Crippen LogP contribution in [0, 0.1) is 10.1 Å². The van der Waals surface area contributed by atoms with Crippen molar-refractivity contribution in [1.82, 2.24) is 14.8 Å². The Hall–Kier alpha value is -3.73. The number of carbonyl (C=O) groups is 2. The number of thioether (sulfide) groups is 1. The summed E-state index contributed by atoms with van der Waals surface area (Å²) < 4.78 is 6.72. The number of anilines is 1. The number of benzene rings is 2. The molecule has 0 aliphatic heterocycles. The van der Waals surface area contributed by atoms with E-state index in [4.69, 9.17) is 4.74 Å². The first-order valence-corrected chi connectivity index (χ1v) is 10.1. The molecule has 0 aliphatic carbocycles. The van der Waals surface area contributed by atoms with Gasteiger partial charge < -0.3 is 14.6 Å². The highest BCUT2D eigenvalue weighted by molar-refractivity contribution is 7.99. The van der Waals surface area contributed by atoms with E-state index in [-0.39, 0.29) is 35.1 Å². The second-order valence-electron chi connectivity index (χ2n) is 6.43. The number of nitrogens with one attached hydrogen (secondary N) is 1. The van der Waals surface area contributed by atoms with Gasteiger partial charge in [0.05, 0.1) is 24.2 Å². The van der Waals surface area contributed by atoms with Gasteiger partial charge in [0, 0.05) is 30.4 Å². The third kappa shape index (κ3) is 5.66. The van der Waals surface area contributed by atoms with Crippen molar-refractivity contribution >= 4 is 34.8 Å². The molecule has 1 aromatic heterocycles. The van der Waals surface area contributed by atoms with Crippen LogP contribution in [0.1, 0.15) is 16.2 Å². The van der Waals surface area contributed by atoms with Gasteiger partial charge in [-0.2, -0.15) is 0 Å². The molecule has 0 saturated heterocycles. The van der Waals surface area contributed by atoms with Gasteiger partial charge in [0.15, 0.2) is 10.9 Å². The quantitative estimate of drug-likeness (QED) is 0.232. The van der Waals surface area contributed by atoms with Crippen molar-refractivity contribution < 1.29 is 19.2 Å². The number of aromatic nitrogens is 3. The molecule has 1 amide bonds. The number of hydrogen-bond donors (Lipinski definition) is 1. The van der Waals surface area contributed by atoms with Crippen LogP contribution in [0.4, 0.5) is 11.4 Å². The van der Waals surface area contributed by atoms with Gasteiger partial charge in [0.2, 0.25) is 5.91 Å². The predicted octanol–water partition coefficient (Wildman–Crippen LogP) is 2.89. The van der Waals surface area contributed by atoms with E-state index >= 15 is 0 Å². The van der Waals surface area contributed by atoms with E-state index in [0.717, 1.165) is 11.8 Å². The number of ketones is 1. The van der Waals surface area contributed by atoms with Gasteiger partial charge >= 0.3 is 0 Å². The van der Waals surface area contributed by atoms with E-state index in [1.54, 1.807) is 43.0 Å². The first-order chi connectivity index (χ1) is 14.9. The highest BCUT2D eigenvalue weighted by Crippen LogP contribution is 2.20. The van der Waals surface area contributed by atoms with Gasteiger partial charge in [-0.1, -0.05) is 23.9 Å². The van der Waals surface area contributed by atoms with Crippen LogP contribution in [0.3, 0.4) is 0 Å². The average molecular weight is 441 g/mol. The molecule has 2 aromatic carbocycles. The monoisotopic (exact) mass is 441 g/mol. The zero-order chi connectivity index (χ0) is 22.4. The molecular formula is C20H19N5O5S. The van der Waals surface area contributed by atoms with Crippen LogP contribution >= 0.6 is 11.8 Å². The molecule has 160 valence electrons. The predicted molar refractivity (Wildman–Crippen MR) is 114 cm³/mol. The molecule has 31 heavy (non-hydrogen) atoms. The van der Waals surface area contributed by atoms with Crippen LogP contribution in [0.15, 0.2) is 53.7 Å². The summed E-state index contributed by atoms with van der Waals surface area (Å²) in [5, 5.41) is 22.2. The minimum absolute atomic E-state index is 0.00884. The largest absolute Gasteiger partial charge is 0.497 e. The van der Waals surface area contributed by atoms with Crippen molar-refractivity contribution in [3.05, 3.63) is 70.0 Å². The number of non-ortho nitro benzene ring substituents is 1. The third-order valence-corrected chi connectivity index (χ3v) is 5.35. The second kappa shape index (κ2) is 9.85. The lowest BCUT2D eigenvalue weighted by Gasteiger charge is -2.07. The fourth-order valence-electron chi connectivity index (χ4n) is 2.65. The summed E-state index contributed by atoms with van der Waals surface area (Å²) in [5.41, 5.74) is 0.743. The Morgan fingerprint density at radius 2 is 1.94 bits per heavy atom. The number of nitro groups is 1. The fraction of sp³-hybridized carbons (Fsp3) is 0.200. The van der Waals surface area contributed by atoms with Gasteiger partial charge in [-0.3, -0.25) is 19.7 Å².